The molecule has 1 fully saturated rings. The fourth-order valence-electron chi connectivity index (χ4n) is 2.19. The van der Waals surface area contributed by atoms with Gasteiger partial charge in [0.2, 0.25) is 0 Å². The fourth-order valence-corrected chi connectivity index (χ4v) is 3.22. The fraction of sp³-hybridized carbons (Fsp3) is 1.00. The van der Waals surface area contributed by atoms with E-state index in [4.69, 9.17) is 5.11 Å². The summed E-state index contributed by atoms with van der Waals surface area (Å²) in [4.78, 5) is 2.23. The Labute approximate surface area is 110 Å². The zero-order valence-electron chi connectivity index (χ0n) is 11.3. The van der Waals surface area contributed by atoms with Crippen LogP contribution in [0.1, 0.15) is 19.3 Å². The molecule has 0 spiro atoms. The van der Waals surface area contributed by atoms with Crippen molar-refractivity contribution in [2.24, 2.45) is 5.92 Å². The number of nitrogens with zero attached hydrogens (tertiary/aromatic N) is 2. The van der Waals surface area contributed by atoms with Gasteiger partial charge in [0.1, 0.15) is 0 Å². The summed E-state index contributed by atoms with van der Waals surface area (Å²) in [6.45, 7) is 2.89. The maximum absolute atomic E-state index is 11.9. The van der Waals surface area contributed by atoms with E-state index in [2.05, 4.69) is 16.7 Å². The van der Waals surface area contributed by atoms with Crippen LogP contribution in [0.5, 0.6) is 0 Å². The first-order valence-corrected chi connectivity index (χ1v) is 7.90. The number of hydrogen-bond acceptors (Lipinski definition) is 4. The molecule has 0 aromatic rings. The van der Waals surface area contributed by atoms with E-state index < -0.39 is 10.2 Å². The van der Waals surface area contributed by atoms with Crippen LogP contribution in [-0.4, -0.2) is 69.6 Å². The van der Waals surface area contributed by atoms with Gasteiger partial charge in [0.25, 0.3) is 10.2 Å². The molecule has 108 valence electrons. The van der Waals surface area contributed by atoms with Gasteiger partial charge in [-0.15, -0.1) is 0 Å². The minimum absolute atomic E-state index is 0.00722. The molecule has 1 aliphatic heterocycles. The normalized spacial score (nSPS) is 22.6. The first-order chi connectivity index (χ1) is 8.45. The number of aliphatic hydroxyl groups excluding tert-OH is 1. The Balaban J connectivity index is 2.36. The second kappa shape index (κ2) is 7.40. The largest absolute Gasteiger partial charge is 0.396 e. The highest BCUT2D eigenvalue weighted by molar-refractivity contribution is 7.87. The molecule has 0 radical (unpaired) electrons. The standard InChI is InChI=1S/C11H25N3O3S/c1-13-6-3-5-11(10-13)9-12-18(16,17)14(2)7-4-8-15/h11-12,15H,3-10H2,1-2H3. The van der Waals surface area contributed by atoms with Crippen molar-refractivity contribution in [1.82, 2.24) is 13.9 Å². The van der Waals surface area contributed by atoms with Crippen molar-refractivity contribution >= 4 is 10.2 Å². The van der Waals surface area contributed by atoms with Gasteiger partial charge < -0.3 is 10.0 Å². The second-order valence-electron chi connectivity index (χ2n) is 5.02. The molecular weight excluding hydrogens is 254 g/mol. The van der Waals surface area contributed by atoms with E-state index in [0.717, 1.165) is 25.9 Å². The van der Waals surface area contributed by atoms with E-state index in [0.29, 0.717) is 25.4 Å². The minimum atomic E-state index is -3.40. The van der Waals surface area contributed by atoms with E-state index in [1.807, 2.05) is 0 Å². The monoisotopic (exact) mass is 279 g/mol. The van der Waals surface area contributed by atoms with Gasteiger partial charge in [-0.3, -0.25) is 0 Å². The quantitative estimate of drug-likeness (QED) is 0.657. The third-order valence-electron chi connectivity index (χ3n) is 3.32. The number of rotatable bonds is 7. The molecule has 0 amide bonds. The lowest BCUT2D eigenvalue weighted by Crippen LogP contribution is -2.44. The van der Waals surface area contributed by atoms with Gasteiger partial charge in [-0.2, -0.15) is 12.7 Å². The summed E-state index contributed by atoms with van der Waals surface area (Å²) < 4.78 is 27.7. The number of likely N-dealkylation sites (tertiary alicyclic amines) is 1. The molecule has 1 heterocycles. The number of aliphatic hydroxyl groups is 1. The third kappa shape index (κ3) is 5.19. The second-order valence-corrected chi connectivity index (χ2v) is 6.88. The predicted octanol–water partition coefficient (Wildman–Crippen LogP) is -0.523. The molecule has 6 nitrogen and oxygen atoms in total. The first-order valence-electron chi connectivity index (χ1n) is 6.46. The van der Waals surface area contributed by atoms with Crippen LogP contribution in [-0.2, 0) is 10.2 Å². The highest BCUT2D eigenvalue weighted by Gasteiger charge is 2.21. The summed E-state index contributed by atoms with van der Waals surface area (Å²) in [5, 5.41) is 8.70. The molecule has 1 rings (SSSR count). The molecule has 0 aromatic carbocycles. The van der Waals surface area contributed by atoms with Crippen LogP contribution in [0.25, 0.3) is 0 Å². The molecule has 1 unspecified atom stereocenters. The summed E-state index contributed by atoms with van der Waals surface area (Å²) in [5.41, 5.74) is 0. The van der Waals surface area contributed by atoms with Gasteiger partial charge in [-0.25, -0.2) is 4.72 Å². The number of hydrogen-bond donors (Lipinski definition) is 2. The number of nitrogens with one attached hydrogen (secondary N) is 1. The molecule has 1 atom stereocenters. The summed E-state index contributed by atoms with van der Waals surface area (Å²) >= 11 is 0. The van der Waals surface area contributed by atoms with Gasteiger partial charge in [0, 0.05) is 33.3 Å². The summed E-state index contributed by atoms with van der Waals surface area (Å²) in [6.07, 6.45) is 2.67. The zero-order valence-corrected chi connectivity index (χ0v) is 12.1. The SMILES string of the molecule is CN1CCCC(CNS(=O)(=O)N(C)CCCO)C1. The molecule has 0 bridgehead atoms. The third-order valence-corrected chi connectivity index (χ3v) is 4.85. The molecule has 7 heteroatoms. The van der Waals surface area contributed by atoms with E-state index in [9.17, 15) is 8.42 Å². The van der Waals surface area contributed by atoms with Crippen molar-refractivity contribution in [3.8, 4) is 0 Å². The van der Waals surface area contributed by atoms with E-state index >= 15 is 0 Å². The topological polar surface area (TPSA) is 72.9 Å². The molecule has 0 aliphatic carbocycles. The Kier molecular flexibility index (Phi) is 6.51. The van der Waals surface area contributed by atoms with Crippen LogP contribution in [0.3, 0.4) is 0 Å². The maximum Gasteiger partial charge on any atom is 0.279 e. The van der Waals surface area contributed by atoms with Crippen molar-refractivity contribution in [2.45, 2.75) is 19.3 Å². The van der Waals surface area contributed by atoms with Crippen LogP contribution >= 0.6 is 0 Å². The molecule has 18 heavy (non-hydrogen) atoms. The van der Waals surface area contributed by atoms with Crippen LogP contribution in [0.15, 0.2) is 0 Å². The average molecular weight is 279 g/mol. The Hall–Kier alpha value is -0.210. The molecule has 1 saturated heterocycles. The predicted molar refractivity (Wildman–Crippen MR) is 71.5 cm³/mol. The molecule has 0 aromatic heterocycles. The maximum atomic E-state index is 11.9. The highest BCUT2D eigenvalue weighted by atomic mass is 32.2. The highest BCUT2D eigenvalue weighted by Crippen LogP contribution is 2.14. The van der Waals surface area contributed by atoms with Crippen molar-refractivity contribution in [3.05, 3.63) is 0 Å². The minimum Gasteiger partial charge on any atom is -0.396 e. The molecule has 2 N–H and O–H groups in total. The van der Waals surface area contributed by atoms with Crippen molar-refractivity contribution in [1.29, 1.82) is 0 Å². The Bertz CT molecular complexity index is 334. The molecule has 1 aliphatic rings. The van der Waals surface area contributed by atoms with Gasteiger partial charge in [-0.1, -0.05) is 0 Å². The van der Waals surface area contributed by atoms with Gasteiger partial charge in [0.05, 0.1) is 0 Å². The molecular formula is C11H25N3O3S. The van der Waals surface area contributed by atoms with E-state index in [1.165, 1.54) is 11.4 Å². The van der Waals surface area contributed by atoms with Crippen LogP contribution in [0.4, 0.5) is 0 Å². The Morgan fingerprint density at radius 1 is 1.50 bits per heavy atom. The van der Waals surface area contributed by atoms with Crippen LogP contribution in [0.2, 0.25) is 0 Å². The first kappa shape index (κ1) is 15.8. The van der Waals surface area contributed by atoms with Crippen molar-refractivity contribution in [2.75, 3.05) is 46.9 Å². The van der Waals surface area contributed by atoms with Crippen molar-refractivity contribution < 1.29 is 13.5 Å². The molecule has 0 saturated carbocycles. The summed E-state index contributed by atoms with van der Waals surface area (Å²) in [5.74, 6) is 0.393. The van der Waals surface area contributed by atoms with Gasteiger partial charge in [-0.05, 0) is 38.8 Å². The lowest BCUT2D eigenvalue weighted by Gasteiger charge is -2.30. The van der Waals surface area contributed by atoms with Crippen LogP contribution < -0.4 is 4.72 Å². The smallest absolute Gasteiger partial charge is 0.279 e. The van der Waals surface area contributed by atoms with E-state index in [-0.39, 0.29) is 6.61 Å². The summed E-state index contributed by atoms with van der Waals surface area (Å²) in [7, 11) is 0.201. The lowest BCUT2D eigenvalue weighted by molar-refractivity contribution is 0.210. The van der Waals surface area contributed by atoms with Crippen LogP contribution in [0, 0.1) is 5.92 Å². The van der Waals surface area contributed by atoms with Crippen molar-refractivity contribution in [3.63, 3.8) is 0 Å². The van der Waals surface area contributed by atoms with Gasteiger partial charge in [0.15, 0.2) is 0 Å². The Morgan fingerprint density at radius 3 is 2.83 bits per heavy atom. The lowest BCUT2D eigenvalue weighted by atomic mass is 9.99. The number of piperidine rings is 1. The zero-order chi connectivity index (χ0) is 13.6. The van der Waals surface area contributed by atoms with E-state index in [1.54, 1.807) is 0 Å². The average Bonchev–Trinajstić information content (AvgIpc) is 2.33. The van der Waals surface area contributed by atoms with Gasteiger partial charge >= 0.3 is 0 Å². The Morgan fingerprint density at radius 2 is 2.22 bits per heavy atom. The summed E-state index contributed by atoms with van der Waals surface area (Å²) in [6, 6.07) is 0.